The second-order valence-corrected chi connectivity index (χ2v) is 6.16. The minimum Gasteiger partial charge on any atom is -0.354 e. The number of nitrogens with one attached hydrogen (secondary N) is 2. The van der Waals surface area contributed by atoms with Crippen molar-refractivity contribution in [2.24, 2.45) is 5.92 Å². The maximum Gasteiger partial charge on any atom is 0.223 e. The molecule has 1 aliphatic heterocycles. The number of imidazole rings is 1. The molecule has 2 N–H and O–H groups in total. The Morgan fingerprint density at radius 2 is 2.30 bits per heavy atom. The molecule has 1 fully saturated rings. The third-order valence-electron chi connectivity index (χ3n) is 4.12. The van der Waals surface area contributed by atoms with Crippen molar-refractivity contribution in [1.82, 2.24) is 20.2 Å². The minimum atomic E-state index is 0.228. The Morgan fingerprint density at radius 1 is 1.50 bits per heavy atom. The summed E-state index contributed by atoms with van der Waals surface area (Å²) in [5, 5.41) is 6.43. The van der Waals surface area contributed by atoms with Gasteiger partial charge in [-0.15, -0.1) is 0 Å². The summed E-state index contributed by atoms with van der Waals surface area (Å²) in [7, 11) is 0. The Balaban J connectivity index is 1.69. The lowest BCUT2D eigenvalue weighted by Crippen LogP contribution is -2.30. The van der Waals surface area contributed by atoms with Gasteiger partial charge in [0.15, 0.2) is 0 Å². The number of carbonyl (C=O) groups is 1. The van der Waals surface area contributed by atoms with E-state index in [0.29, 0.717) is 18.4 Å². The first-order valence-corrected chi connectivity index (χ1v) is 7.73. The zero-order valence-electron chi connectivity index (χ0n) is 12.4. The van der Waals surface area contributed by atoms with Gasteiger partial charge in [-0.1, -0.05) is 13.8 Å². The number of carbonyl (C=O) groups excluding carboxylic acids is 1. The molecule has 0 aromatic carbocycles. The van der Waals surface area contributed by atoms with Crippen molar-refractivity contribution in [3.8, 4) is 0 Å². The highest BCUT2D eigenvalue weighted by atomic mass is 16.2. The summed E-state index contributed by atoms with van der Waals surface area (Å²) in [6.07, 6.45) is 3.16. The van der Waals surface area contributed by atoms with E-state index < -0.39 is 0 Å². The van der Waals surface area contributed by atoms with E-state index in [9.17, 15) is 4.79 Å². The predicted molar refractivity (Wildman–Crippen MR) is 77.5 cm³/mol. The van der Waals surface area contributed by atoms with Crippen molar-refractivity contribution in [2.45, 2.75) is 52.1 Å². The average molecular weight is 276 g/mol. The third-order valence-corrected chi connectivity index (χ3v) is 4.12. The van der Waals surface area contributed by atoms with Crippen molar-refractivity contribution in [3.05, 3.63) is 17.2 Å². The number of rotatable bonds is 5. The van der Waals surface area contributed by atoms with E-state index in [2.05, 4.69) is 29.0 Å². The molecule has 0 bridgehead atoms. The number of hydrogen-bond donors (Lipinski definition) is 2. The van der Waals surface area contributed by atoms with Crippen molar-refractivity contribution >= 4 is 5.91 Å². The van der Waals surface area contributed by atoms with Gasteiger partial charge in [-0.05, 0) is 12.8 Å². The van der Waals surface area contributed by atoms with Gasteiger partial charge < -0.3 is 15.2 Å². The fourth-order valence-electron chi connectivity index (χ4n) is 2.86. The molecule has 2 heterocycles. The van der Waals surface area contributed by atoms with Crippen molar-refractivity contribution in [1.29, 1.82) is 0 Å². The molecule has 0 atom stereocenters. The fraction of sp³-hybridized carbons (Fsp3) is 0.733. The molecule has 2 aliphatic rings. The zero-order valence-corrected chi connectivity index (χ0v) is 12.4. The number of fused-ring (bicyclic) bond motifs is 1. The second kappa shape index (κ2) is 5.56. The Bertz CT molecular complexity index is 502. The summed E-state index contributed by atoms with van der Waals surface area (Å²) in [5.41, 5.74) is 2.54. The van der Waals surface area contributed by atoms with E-state index in [0.717, 1.165) is 44.7 Å². The molecular formula is C15H24N4O. The molecule has 0 saturated heterocycles. The van der Waals surface area contributed by atoms with Crippen LogP contribution in [-0.2, 0) is 24.3 Å². The Morgan fingerprint density at radius 3 is 3.00 bits per heavy atom. The fourth-order valence-corrected chi connectivity index (χ4v) is 2.86. The van der Waals surface area contributed by atoms with Crippen LogP contribution in [-0.4, -0.2) is 28.5 Å². The van der Waals surface area contributed by atoms with Crippen molar-refractivity contribution in [3.63, 3.8) is 0 Å². The van der Waals surface area contributed by atoms with Crippen LogP contribution in [0.2, 0.25) is 0 Å². The Labute approximate surface area is 120 Å². The number of aromatic nitrogens is 2. The molecule has 3 rings (SSSR count). The molecule has 1 aromatic heterocycles. The molecule has 1 aliphatic carbocycles. The summed E-state index contributed by atoms with van der Waals surface area (Å²) in [4.78, 5) is 16.5. The molecule has 0 radical (unpaired) electrons. The van der Waals surface area contributed by atoms with Gasteiger partial charge in [0.1, 0.15) is 5.82 Å². The van der Waals surface area contributed by atoms with Gasteiger partial charge >= 0.3 is 0 Å². The van der Waals surface area contributed by atoms with Gasteiger partial charge in [0.05, 0.1) is 5.69 Å². The summed E-state index contributed by atoms with van der Waals surface area (Å²) in [6, 6.07) is 0. The maximum absolute atomic E-state index is 11.7. The summed E-state index contributed by atoms with van der Waals surface area (Å²) >= 11 is 0. The smallest absolute Gasteiger partial charge is 0.223 e. The second-order valence-electron chi connectivity index (χ2n) is 6.16. The van der Waals surface area contributed by atoms with Gasteiger partial charge in [0.25, 0.3) is 0 Å². The maximum atomic E-state index is 11.7. The molecular weight excluding hydrogens is 252 g/mol. The van der Waals surface area contributed by atoms with E-state index in [1.165, 1.54) is 11.4 Å². The standard InChI is InChI=1S/C15H24N4O/c1-10(2)14-18-12-9-16-6-5-13(12)19(14)8-7-17-15(20)11-3-4-11/h10-11,16H,3-9H2,1-2H3,(H,17,20). The van der Waals surface area contributed by atoms with Gasteiger partial charge in [-0.25, -0.2) is 4.98 Å². The van der Waals surface area contributed by atoms with Crippen LogP contribution in [0, 0.1) is 5.92 Å². The largest absolute Gasteiger partial charge is 0.354 e. The Kier molecular flexibility index (Phi) is 3.78. The lowest BCUT2D eigenvalue weighted by molar-refractivity contribution is -0.122. The van der Waals surface area contributed by atoms with Crippen LogP contribution in [0.5, 0.6) is 0 Å². The number of nitrogens with zero attached hydrogens (tertiary/aromatic N) is 2. The van der Waals surface area contributed by atoms with Crippen LogP contribution < -0.4 is 10.6 Å². The molecule has 1 aromatic rings. The monoisotopic (exact) mass is 276 g/mol. The highest BCUT2D eigenvalue weighted by molar-refractivity contribution is 5.80. The molecule has 5 nitrogen and oxygen atoms in total. The van der Waals surface area contributed by atoms with Gasteiger partial charge in [-0.2, -0.15) is 0 Å². The number of amides is 1. The van der Waals surface area contributed by atoms with Crippen molar-refractivity contribution in [2.75, 3.05) is 13.1 Å². The molecule has 5 heteroatoms. The molecule has 1 amide bonds. The van der Waals surface area contributed by atoms with Crippen LogP contribution in [0.1, 0.15) is 49.8 Å². The predicted octanol–water partition coefficient (Wildman–Crippen LogP) is 1.18. The van der Waals surface area contributed by atoms with Crippen LogP contribution >= 0.6 is 0 Å². The van der Waals surface area contributed by atoms with E-state index in [4.69, 9.17) is 4.98 Å². The van der Waals surface area contributed by atoms with Gasteiger partial charge in [0.2, 0.25) is 5.91 Å². The number of hydrogen-bond acceptors (Lipinski definition) is 3. The lowest BCUT2D eigenvalue weighted by Gasteiger charge is -2.17. The highest BCUT2D eigenvalue weighted by Crippen LogP contribution is 2.28. The lowest BCUT2D eigenvalue weighted by atomic mass is 10.2. The molecule has 110 valence electrons. The minimum absolute atomic E-state index is 0.228. The normalized spacial score (nSPS) is 18.1. The SMILES string of the molecule is CC(C)c1nc2c(n1CCNC(=O)C1CC1)CCNC2. The van der Waals surface area contributed by atoms with Gasteiger partial charge in [0, 0.05) is 50.1 Å². The van der Waals surface area contributed by atoms with Crippen LogP contribution in [0.25, 0.3) is 0 Å². The quantitative estimate of drug-likeness (QED) is 0.849. The molecule has 1 saturated carbocycles. The highest BCUT2D eigenvalue weighted by Gasteiger charge is 2.29. The summed E-state index contributed by atoms with van der Waals surface area (Å²) in [6.45, 7) is 7.81. The van der Waals surface area contributed by atoms with Crippen LogP contribution in [0.3, 0.4) is 0 Å². The topological polar surface area (TPSA) is 59.0 Å². The molecule has 0 spiro atoms. The third kappa shape index (κ3) is 2.73. The first kappa shape index (κ1) is 13.6. The average Bonchev–Trinajstić information content (AvgIpc) is 3.21. The molecule has 0 unspecified atom stereocenters. The van der Waals surface area contributed by atoms with E-state index >= 15 is 0 Å². The van der Waals surface area contributed by atoms with Crippen molar-refractivity contribution < 1.29 is 4.79 Å². The van der Waals surface area contributed by atoms with Crippen LogP contribution in [0.4, 0.5) is 0 Å². The molecule has 20 heavy (non-hydrogen) atoms. The first-order valence-electron chi connectivity index (χ1n) is 7.73. The van der Waals surface area contributed by atoms with E-state index in [1.807, 2.05) is 0 Å². The van der Waals surface area contributed by atoms with E-state index in [1.54, 1.807) is 0 Å². The van der Waals surface area contributed by atoms with Crippen LogP contribution in [0.15, 0.2) is 0 Å². The summed E-state index contributed by atoms with van der Waals surface area (Å²) in [5.74, 6) is 2.09. The summed E-state index contributed by atoms with van der Waals surface area (Å²) < 4.78 is 2.33. The zero-order chi connectivity index (χ0) is 14.1. The first-order chi connectivity index (χ1) is 9.66. The van der Waals surface area contributed by atoms with E-state index in [-0.39, 0.29) is 5.91 Å². The Hall–Kier alpha value is -1.36. The van der Waals surface area contributed by atoms with Gasteiger partial charge in [-0.3, -0.25) is 4.79 Å².